The molecule has 2 heterocycles. The van der Waals surface area contributed by atoms with Gasteiger partial charge in [0, 0.05) is 24.4 Å². The van der Waals surface area contributed by atoms with Gasteiger partial charge in [0.2, 0.25) is 5.91 Å². The van der Waals surface area contributed by atoms with Crippen LogP contribution in [0.3, 0.4) is 0 Å². The van der Waals surface area contributed by atoms with Crippen LogP contribution in [0.15, 0.2) is 40.1 Å². The molecular weight excluding hydrogens is 338 g/mol. The second kappa shape index (κ2) is 7.47. The summed E-state index contributed by atoms with van der Waals surface area (Å²) in [5, 5.41) is 0. The van der Waals surface area contributed by atoms with Gasteiger partial charge < -0.3 is 14.4 Å². The number of carbonyl (C=O) groups is 1. The second-order valence-corrected chi connectivity index (χ2v) is 6.09. The van der Waals surface area contributed by atoms with Crippen molar-refractivity contribution >= 4 is 5.91 Å². The normalized spacial score (nSPS) is 16.5. The van der Waals surface area contributed by atoms with Crippen molar-refractivity contribution in [1.29, 1.82) is 0 Å². The number of nitrogens with one attached hydrogen (secondary N) is 1. The molecule has 1 amide bonds. The van der Waals surface area contributed by atoms with E-state index in [1.165, 1.54) is 16.8 Å². The van der Waals surface area contributed by atoms with Crippen LogP contribution in [-0.4, -0.2) is 41.1 Å². The van der Waals surface area contributed by atoms with E-state index >= 15 is 0 Å². The summed E-state index contributed by atoms with van der Waals surface area (Å²) >= 11 is 0. The quantitative estimate of drug-likeness (QED) is 0.857. The van der Waals surface area contributed by atoms with Gasteiger partial charge in [-0.3, -0.25) is 19.1 Å². The van der Waals surface area contributed by atoms with Crippen molar-refractivity contribution in [2.45, 2.75) is 25.4 Å². The fourth-order valence-corrected chi connectivity index (χ4v) is 3.29. The largest absolute Gasteiger partial charge is 0.497 e. The Bertz CT molecular complexity index is 918. The Morgan fingerprint density at radius 2 is 2.04 bits per heavy atom. The number of methoxy groups -OCH3 is 2. The van der Waals surface area contributed by atoms with Crippen LogP contribution in [0.2, 0.25) is 0 Å². The zero-order valence-corrected chi connectivity index (χ0v) is 14.7. The molecule has 0 spiro atoms. The molecule has 1 aromatic heterocycles. The highest BCUT2D eigenvalue weighted by Gasteiger charge is 2.32. The van der Waals surface area contributed by atoms with Gasteiger partial charge in [-0.25, -0.2) is 4.79 Å². The standard InChI is InChI=1S/C18H21N3O5/c1-25-12-5-6-15(26-2)13(10-12)14-4-3-8-21(14)17(23)11-20-9-7-16(22)19-18(20)24/h5-7,9-10,14H,3-4,8,11H2,1-2H3,(H,19,22,24)/t14-/m0/s1. The number of ether oxygens (including phenoxy) is 2. The average Bonchev–Trinajstić information content (AvgIpc) is 3.13. The van der Waals surface area contributed by atoms with E-state index in [4.69, 9.17) is 9.47 Å². The number of likely N-dealkylation sites (tertiary alicyclic amines) is 1. The first kappa shape index (κ1) is 17.8. The lowest BCUT2D eigenvalue weighted by Crippen LogP contribution is -2.38. The minimum atomic E-state index is -0.597. The summed E-state index contributed by atoms with van der Waals surface area (Å²) in [4.78, 5) is 39.7. The predicted molar refractivity (Wildman–Crippen MR) is 94.6 cm³/mol. The van der Waals surface area contributed by atoms with E-state index in [2.05, 4.69) is 4.98 Å². The molecule has 0 unspecified atom stereocenters. The van der Waals surface area contributed by atoms with Crippen molar-refractivity contribution in [3.63, 3.8) is 0 Å². The molecule has 8 heteroatoms. The van der Waals surface area contributed by atoms with Crippen LogP contribution < -0.4 is 20.7 Å². The Labute approximate surface area is 150 Å². The lowest BCUT2D eigenvalue weighted by Gasteiger charge is -2.27. The van der Waals surface area contributed by atoms with Crippen LogP contribution in [0.5, 0.6) is 11.5 Å². The first-order chi connectivity index (χ1) is 12.5. The second-order valence-electron chi connectivity index (χ2n) is 6.09. The molecule has 1 fully saturated rings. The van der Waals surface area contributed by atoms with E-state index in [0.717, 1.165) is 18.4 Å². The molecule has 1 N–H and O–H groups in total. The smallest absolute Gasteiger partial charge is 0.328 e. The maximum Gasteiger partial charge on any atom is 0.328 e. The molecule has 0 aliphatic carbocycles. The van der Waals surface area contributed by atoms with Crippen LogP contribution in [0.25, 0.3) is 0 Å². The third-order valence-electron chi connectivity index (χ3n) is 4.57. The molecule has 0 saturated carbocycles. The lowest BCUT2D eigenvalue weighted by molar-refractivity contribution is -0.132. The van der Waals surface area contributed by atoms with E-state index in [1.807, 2.05) is 18.2 Å². The summed E-state index contributed by atoms with van der Waals surface area (Å²) in [5.74, 6) is 1.19. The number of aromatic amines is 1. The third kappa shape index (κ3) is 3.49. The van der Waals surface area contributed by atoms with Gasteiger partial charge in [-0.05, 0) is 31.0 Å². The van der Waals surface area contributed by atoms with Gasteiger partial charge in [0.1, 0.15) is 18.0 Å². The zero-order chi connectivity index (χ0) is 18.7. The van der Waals surface area contributed by atoms with Gasteiger partial charge in [-0.2, -0.15) is 0 Å². The highest BCUT2D eigenvalue weighted by molar-refractivity contribution is 5.77. The number of hydrogen-bond acceptors (Lipinski definition) is 5. The molecule has 1 saturated heterocycles. The van der Waals surface area contributed by atoms with Crippen LogP contribution in [0.1, 0.15) is 24.4 Å². The highest BCUT2D eigenvalue weighted by Crippen LogP contribution is 2.38. The van der Waals surface area contributed by atoms with Crippen molar-refractivity contribution in [3.05, 3.63) is 56.9 Å². The highest BCUT2D eigenvalue weighted by atomic mass is 16.5. The number of rotatable bonds is 5. The zero-order valence-electron chi connectivity index (χ0n) is 14.7. The minimum Gasteiger partial charge on any atom is -0.497 e. The first-order valence-electron chi connectivity index (χ1n) is 8.34. The maximum atomic E-state index is 12.8. The minimum absolute atomic E-state index is 0.127. The molecule has 0 bridgehead atoms. The molecule has 8 nitrogen and oxygen atoms in total. The maximum absolute atomic E-state index is 12.8. The van der Waals surface area contributed by atoms with Gasteiger partial charge in [-0.1, -0.05) is 0 Å². The van der Waals surface area contributed by atoms with Crippen LogP contribution in [0.4, 0.5) is 0 Å². The van der Waals surface area contributed by atoms with Crippen molar-refractivity contribution in [2.24, 2.45) is 0 Å². The Balaban J connectivity index is 1.87. The first-order valence-corrected chi connectivity index (χ1v) is 8.34. The van der Waals surface area contributed by atoms with E-state index in [1.54, 1.807) is 19.1 Å². The summed E-state index contributed by atoms with van der Waals surface area (Å²) < 4.78 is 11.9. The van der Waals surface area contributed by atoms with Crippen molar-refractivity contribution in [3.8, 4) is 11.5 Å². The van der Waals surface area contributed by atoms with Crippen molar-refractivity contribution < 1.29 is 14.3 Å². The van der Waals surface area contributed by atoms with Gasteiger partial charge in [0.25, 0.3) is 5.56 Å². The number of amides is 1. The fourth-order valence-electron chi connectivity index (χ4n) is 3.29. The monoisotopic (exact) mass is 359 g/mol. The molecule has 138 valence electrons. The lowest BCUT2D eigenvalue weighted by atomic mass is 10.0. The fraction of sp³-hybridized carbons (Fsp3) is 0.389. The van der Waals surface area contributed by atoms with Gasteiger partial charge in [0.15, 0.2) is 0 Å². The predicted octanol–water partition coefficient (Wildman–Crippen LogP) is 0.917. The molecule has 1 atom stereocenters. The van der Waals surface area contributed by atoms with Gasteiger partial charge in [0.05, 0.1) is 20.3 Å². The topological polar surface area (TPSA) is 93.6 Å². The number of H-pyrrole nitrogens is 1. The van der Waals surface area contributed by atoms with E-state index in [9.17, 15) is 14.4 Å². The van der Waals surface area contributed by atoms with E-state index in [-0.39, 0.29) is 18.5 Å². The van der Waals surface area contributed by atoms with E-state index in [0.29, 0.717) is 18.0 Å². The number of hydrogen-bond donors (Lipinski definition) is 1. The Hall–Kier alpha value is -3.03. The third-order valence-corrected chi connectivity index (χ3v) is 4.57. The van der Waals surface area contributed by atoms with Crippen molar-refractivity contribution in [2.75, 3.05) is 20.8 Å². The van der Waals surface area contributed by atoms with Crippen LogP contribution in [-0.2, 0) is 11.3 Å². The van der Waals surface area contributed by atoms with Gasteiger partial charge >= 0.3 is 5.69 Å². The average molecular weight is 359 g/mol. The van der Waals surface area contributed by atoms with Gasteiger partial charge in [-0.15, -0.1) is 0 Å². The number of aromatic nitrogens is 2. The summed E-state index contributed by atoms with van der Waals surface area (Å²) in [6.45, 7) is 0.473. The SMILES string of the molecule is COc1ccc(OC)c([C@@H]2CCCN2C(=O)Cn2ccc(=O)[nH]c2=O)c1. The van der Waals surface area contributed by atoms with Crippen molar-refractivity contribution in [1.82, 2.24) is 14.5 Å². The summed E-state index contributed by atoms with van der Waals surface area (Å²) in [6.07, 6.45) is 2.99. The molecule has 1 aliphatic rings. The molecular formula is C18H21N3O5. The number of nitrogens with zero attached hydrogens (tertiary/aromatic N) is 2. The summed E-state index contributed by atoms with van der Waals surface area (Å²) in [6, 6.07) is 6.58. The Morgan fingerprint density at radius 3 is 2.73 bits per heavy atom. The van der Waals surface area contributed by atoms with Crippen LogP contribution >= 0.6 is 0 Å². The summed E-state index contributed by atoms with van der Waals surface area (Å²) in [7, 11) is 3.18. The number of benzene rings is 1. The molecule has 26 heavy (non-hydrogen) atoms. The molecule has 1 aromatic carbocycles. The van der Waals surface area contributed by atoms with E-state index < -0.39 is 11.2 Å². The summed E-state index contributed by atoms with van der Waals surface area (Å²) in [5.41, 5.74) is -0.203. The Kier molecular flexibility index (Phi) is 5.11. The van der Waals surface area contributed by atoms with Crippen LogP contribution in [0, 0.1) is 0 Å². The molecule has 0 radical (unpaired) electrons. The number of carbonyl (C=O) groups excluding carboxylic acids is 1. The molecule has 3 rings (SSSR count). The Morgan fingerprint density at radius 1 is 1.23 bits per heavy atom. The molecule has 1 aliphatic heterocycles. The molecule has 2 aromatic rings.